The summed E-state index contributed by atoms with van der Waals surface area (Å²) >= 11 is 8.93. The van der Waals surface area contributed by atoms with Gasteiger partial charge in [0.1, 0.15) is 0 Å². The van der Waals surface area contributed by atoms with Gasteiger partial charge >= 0.3 is 73.0 Å². The molecule has 346 valence electrons. The van der Waals surface area contributed by atoms with E-state index in [0.717, 1.165) is 47.9 Å². The fraction of sp³-hybridized carbons (Fsp3) is 0.417. The van der Waals surface area contributed by atoms with Crippen LogP contribution in [0.2, 0.25) is 0 Å². The van der Waals surface area contributed by atoms with Crippen molar-refractivity contribution in [1.29, 1.82) is 0 Å². The topological polar surface area (TPSA) is 134 Å². The van der Waals surface area contributed by atoms with Crippen LogP contribution in [-0.4, -0.2) is 69.0 Å². The number of esters is 2. The van der Waals surface area contributed by atoms with Crippen LogP contribution >= 0.6 is 66.5 Å². The second-order valence-electron chi connectivity index (χ2n) is 15.9. The van der Waals surface area contributed by atoms with E-state index in [1.807, 2.05) is 79.7 Å². The van der Waals surface area contributed by atoms with Crippen molar-refractivity contribution in [2.45, 2.75) is 115 Å². The van der Waals surface area contributed by atoms with E-state index < -0.39 is 22.4 Å². The number of halogens is 3. The van der Waals surface area contributed by atoms with E-state index in [2.05, 4.69) is 108 Å². The summed E-state index contributed by atoms with van der Waals surface area (Å²) in [6, 6.07) is 32.2. The second kappa shape index (κ2) is 30.1. The van der Waals surface area contributed by atoms with Gasteiger partial charge in [-0.3, -0.25) is 30.8 Å². The van der Waals surface area contributed by atoms with Crippen molar-refractivity contribution in [2.75, 3.05) is 14.2 Å². The molecule has 1 radical (unpaired) electrons. The van der Waals surface area contributed by atoms with Gasteiger partial charge in [-0.05, 0) is 57.9 Å². The fourth-order valence-electron chi connectivity index (χ4n) is 8.15. The van der Waals surface area contributed by atoms with E-state index in [1.165, 1.54) is 36.5 Å². The minimum absolute atomic E-state index is 0. The number of aliphatic hydroxyl groups is 4. The van der Waals surface area contributed by atoms with Crippen LogP contribution in [0, 0.1) is 0 Å². The van der Waals surface area contributed by atoms with Gasteiger partial charge < -0.3 is 39.7 Å². The van der Waals surface area contributed by atoms with E-state index in [9.17, 15) is 30.0 Å². The molecule has 0 amide bonds. The summed E-state index contributed by atoms with van der Waals surface area (Å²) in [5.74, 6) is -0.712. The Balaban J connectivity index is 0.000000772. The zero-order chi connectivity index (χ0) is 44.6. The van der Waals surface area contributed by atoms with Crippen LogP contribution in [-0.2, 0) is 115 Å². The molecule has 0 unspecified atom stereocenters. The van der Waals surface area contributed by atoms with Crippen molar-refractivity contribution in [3.05, 3.63) is 154 Å². The Morgan fingerprint density at radius 2 is 0.810 bits per heavy atom. The summed E-state index contributed by atoms with van der Waals surface area (Å²) in [5.41, 5.74) is 6.73. The number of ether oxygens (including phenoxy) is 2. The van der Waals surface area contributed by atoms with Crippen molar-refractivity contribution < 1.29 is 73.8 Å². The quantitative estimate of drug-likeness (QED) is 0.0645. The molecule has 4 aromatic carbocycles. The Morgan fingerprint density at radius 3 is 1.02 bits per heavy atom. The first-order valence-corrected chi connectivity index (χ1v) is 30.2. The number of carbonyl (C=O) groups is 2. The Kier molecular flexibility index (Phi) is 29.8. The van der Waals surface area contributed by atoms with Crippen molar-refractivity contribution >= 4 is 88.2 Å². The van der Waals surface area contributed by atoms with Crippen LogP contribution in [0.15, 0.2) is 110 Å². The minimum atomic E-state index is -0.948. The van der Waals surface area contributed by atoms with Gasteiger partial charge in [-0.15, -0.1) is 6.58 Å². The van der Waals surface area contributed by atoms with Gasteiger partial charge in [0.25, 0.3) is 0 Å². The van der Waals surface area contributed by atoms with E-state index in [-0.39, 0.29) is 58.2 Å². The Morgan fingerprint density at radius 1 is 0.603 bits per heavy atom. The summed E-state index contributed by atoms with van der Waals surface area (Å²) in [5, 5.41) is 40.3. The van der Waals surface area contributed by atoms with E-state index >= 15 is 0 Å². The van der Waals surface area contributed by atoms with Gasteiger partial charge in [-0.1, -0.05) is 118 Å². The molecule has 4 aliphatic carbocycles. The number of hydrogen-bond acceptors (Lipinski definition) is 9. The maximum atomic E-state index is 11.1. The Bertz CT molecular complexity index is 1890. The number of fused-ring (bicyclic) bond motifs is 4. The normalized spacial score (nSPS) is 16.0. The zero-order valence-corrected chi connectivity index (χ0v) is 45.5. The van der Waals surface area contributed by atoms with Gasteiger partial charge in [0.2, 0.25) is 0 Å². The van der Waals surface area contributed by atoms with E-state index in [1.54, 1.807) is 27.3 Å². The number of rotatable bonds is 6. The number of methoxy groups -OCH3 is 2. The molecule has 0 saturated heterocycles. The molecule has 0 aromatic heterocycles. The standard InChI is InChI=1S/2C12H14O3.C12H14O.C10H12O.2CH4.I2S.IS.2V/c2*1-15-11(13)8-12(14)6-9-4-2-3-5-10(9)7-12;1-2-7-12(13)8-10-5-3-4-6-11(10)9-12;1-10(11)6-8-4-2-3-5-9(8)7-10;;;1-3-2;1-2;;/h2*2-5,14H,6-8H2,1H3;2-6,13H,1,7-9H2;2-5,11H,6-7H2,1H3;2*1H4;;;;/q;;;;;;;-1;;. The second-order valence-corrected chi connectivity index (χ2v) is 35.0. The average molecular weight is 1310 g/mol. The molecule has 8 rings (SSSR count). The SMILES string of the molecule is C.C.C=CCC1(O)Cc2ccccc2C1.CC1(O)Cc2ccccc2C1.COC(=O)CC1(O)Cc2ccccc2C1.COC(=O)CC1(O)Cc2ccccc2C1.[S-]I.[V].[V]=[S](I)I. The third-order valence-electron chi connectivity index (χ3n) is 10.7. The summed E-state index contributed by atoms with van der Waals surface area (Å²) in [4.78, 5) is 22.3. The summed E-state index contributed by atoms with van der Waals surface area (Å²) in [6.45, 7) is 5.57. The molecule has 0 spiro atoms. The van der Waals surface area contributed by atoms with Crippen LogP contribution in [0.4, 0.5) is 0 Å². The van der Waals surface area contributed by atoms with Gasteiger partial charge in [-0.25, -0.2) is 0 Å². The van der Waals surface area contributed by atoms with Crippen LogP contribution in [0.1, 0.15) is 85.5 Å². The van der Waals surface area contributed by atoms with Gasteiger partial charge in [0, 0.05) is 69.9 Å². The van der Waals surface area contributed by atoms with Crippen molar-refractivity contribution in [3.8, 4) is 0 Å². The molecular weight excluding hydrogens is 1250 g/mol. The van der Waals surface area contributed by atoms with Gasteiger partial charge in [0.15, 0.2) is 0 Å². The molecule has 0 bridgehead atoms. The molecule has 63 heavy (non-hydrogen) atoms. The number of hydrogen-bond donors (Lipinski definition) is 4. The molecule has 0 fully saturated rings. The molecule has 4 N–H and O–H groups in total. The molecule has 8 nitrogen and oxygen atoms in total. The Hall–Kier alpha value is -0.541. The molecule has 0 aliphatic heterocycles. The van der Waals surface area contributed by atoms with Crippen LogP contribution in [0.3, 0.4) is 0 Å². The van der Waals surface area contributed by atoms with E-state index in [4.69, 9.17) is 0 Å². The summed E-state index contributed by atoms with van der Waals surface area (Å²) < 4.78 is 9.67. The Labute approximate surface area is 440 Å². The monoisotopic (exact) mass is 1310 g/mol. The summed E-state index contributed by atoms with van der Waals surface area (Å²) in [7, 11) is 6.74. The zero-order valence-electron chi connectivity index (χ0n) is 34.6. The molecular formula is C48H62I3O8S2V2-. The predicted octanol–water partition coefficient (Wildman–Crippen LogP) is 10.4. The maximum absolute atomic E-state index is 11.1. The molecule has 0 saturated carbocycles. The first kappa shape index (κ1) is 62.5. The molecule has 0 heterocycles. The average Bonchev–Trinajstić information content (AvgIpc) is 3.92. The summed E-state index contributed by atoms with van der Waals surface area (Å²) in [6.07, 6.45) is 7.94. The fourth-order valence-corrected chi connectivity index (χ4v) is 8.15. The third-order valence-corrected chi connectivity index (χ3v) is 10.7. The molecule has 0 atom stereocenters. The van der Waals surface area contributed by atoms with Gasteiger partial charge in [0.05, 0.1) is 49.5 Å². The number of benzene rings is 4. The van der Waals surface area contributed by atoms with Gasteiger partial charge in [-0.2, -0.15) is 0 Å². The van der Waals surface area contributed by atoms with Crippen molar-refractivity contribution in [2.24, 2.45) is 0 Å². The first-order valence-electron chi connectivity index (χ1n) is 19.2. The molecule has 4 aliphatic rings. The number of carbonyl (C=O) groups excluding carboxylic acids is 2. The van der Waals surface area contributed by atoms with Crippen LogP contribution in [0.5, 0.6) is 0 Å². The van der Waals surface area contributed by atoms with Crippen molar-refractivity contribution in [3.63, 3.8) is 0 Å². The van der Waals surface area contributed by atoms with Crippen LogP contribution in [0.25, 0.3) is 0 Å². The van der Waals surface area contributed by atoms with Crippen LogP contribution < -0.4 is 0 Å². The molecule has 4 aromatic rings. The third kappa shape index (κ3) is 21.1. The van der Waals surface area contributed by atoms with E-state index in [0.29, 0.717) is 35.0 Å². The first-order chi connectivity index (χ1) is 28.4. The predicted molar refractivity (Wildman–Crippen MR) is 279 cm³/mol. The molecule has 15 heteroatoms. The van der Waals surface area contributed by atoms with Crippen molar-refractivity contribution in [1.82, 2.24) is 0 Å².